The summed E-state index contributed by atoms with van der Waals surface area (Å²) in [6, 6.07) is 11.0. The molecule has 30 heavy (non-hydrogen) atoms. The predicted octanol–water partition coefficient (Wildman–Crippen LogP) is 5.36. The highest BCUT2D eigenvalue weighted by Gasteiger charge is 2.29. The fourth-order valence-electron chi connectivity index (χ4n) is 2.67. The molecule has 0 aromatic heterocycles. The monoisotopic (exact) mass is 470 g/mol. The van der Waals surface area contributed by atoms with Crippen molar-refractivity contribution in [3.63, 3.8) is 0 Å². The molecular weight excluding hydrogens is 447 g/mol. The van der Waals surface area contributed by atoms with Gasteiger partial charge in [0.2, 0.25) is 5.91 Å². The van der Waals surface area contributed by atoms with Gasteiger partial charge in [0.05, 0.1) is 0 Å². The molecule has 0 unspecified atom stereocenters. The third-order valence-electron chi connectivity index (χ3n) is 4.18. The number of nitrogens with one attached hydrogen (secondary N) is 1. The third kappa shape index (κ3) is 7.38. The van der Waals surface area contributed by atoms with E-state index in [4.69, 9.17) is 39.5 Å². The molecule has 162 valence electrons. The fourth-order valence-corrected chi connectivity index (χ4v) is 3.32. The molecule has 2 amide bonds. The van der Waals surface area contributed by atoms with Gasteiger partial charge in [0.1, 0.15) is 11.8 Å². The van der Waals surface area contributed by atoms with Crippen LogP contribution in [-0.2, 0) is 16.1 Å². The van der Waals surface area contributed by atoms with E-state index < -0.39 is 11.6 Å². The fraction of sp³-hybridized carbons (Fsp3) is 0.364. The number of ether oxygens (including phenoxy) is 1. The highest BCUT2D eigenvalue weighted by Crippen LogP contribution is 2.24. The summed E-state index contributed by atoms with van der Waals surface area (Å²) in [7, 11) is 0. The van der Waals surface area contributed by atoms with Crippen LogP contribution in [0.1, 0.15) is 33.3 Å². The first-order valence-corrected chi connectivity index (χ1v) is 10.5. The number of rotatable bonds is 7. The van der Waals surface area contributed by atoms with Crippen molar-refractivity contribution in [2.75, 3.05) is 6.61 Å². The normalized spacial score (nSPS) is 12.2. The van der Waals surface area contributed by atoms with Crippen LogP contribution in [0.15, 0.2) is 42.5 Å². The van der Waals surface area contributed by atoms with Crippen molar-refractivity contribution in [3.8, 4) is 5.75 Å². The second kappa shape index (κ2) is 10.4. The summed E-state index contributed by atoms with van der Waals surface area (Å²) in [5.74, 6) is -0.173. The number of halogens is 3. The second-order valence-corrected chi connectivity index (χ2v) is 9.20. The van der Waals surface area contributed by atoms with Crippen LogP contribution in [0.2, 0.25) is 15.1 Å². The minimum atomic E-state index is -0.744. The molecule has 5 nitrogen and oxygen atoms in total. The SMILES string of the molecule is C[C@H](C(=O)NC(C)(C)C)N(Cc1ccc(Cl)cc1Cl)C(=O)COc1cccc(Cl)c1. The van der Waals surface area contributed by atoms with Crippen LogP contribution in [0.5, 0.6) is 5.75 Å². The zero-order valence-electron chi connectivity index (χ0n) is 17.3. The lowest BCUT2D eigenvalue weighted by molar-refractivity contribution is -0.142. The Morgan fingerprint density at radius 3 is 2.33 bits per heavy atom. The largest absolute Gasteiger partial charge is 0.484 e. The van der Waals surface area contributed by atoms with Crippen molar-refractivity contribution in [3.05, 3.63) is 63.1 Å². The van der Waals surface area contributed by atoms with E-state index in [0.29, 0.717) is 26.4 Å². The van der Waals surface area contributed by atoms with Gasteiger partial charge in [0.15, 0.2) is 6.61 Å². The van der Waals surface area contributed by atoms with E-state index in [2.05, 4.69) is 5.32 Å². The van der Waals surface area contributed by atoms with Gasteiger partial charge in [-0.1, -0.05) is 46.9 Å². The molecule has 0 bridgehead atoms. The summed E-state index contributed by atoms with van der Waals surface area (Å²) in [5.41, 5.74) is 0.238. The van der Waals surface area contributed by atoms with E-state index in [1.807, 2.05) is 20.8 Å². The van der Waals surface area contributed by atoms with E-state index in [1.165, 1.54) is 4.90 Å². The average molecular weight is 472 g/mol. The Balaban J connectivity index is 2.22. The molecule has 0 spiro atoms. The third-order valence-corrected chi connectivity index (χ3v) is 5.00. The van der Waals surface area contributed by atoms with Crippen LogP contribution >= 0.6 is 34.8 Å². The Morgan fingerprint density at radius 2 is 1.73 bits per heavy atom. The molecule has 0 heterocycles. The number of hydrogen-bond acceptors (Lipinski definition) is 3. The number of amides is 2. The molecule has 8 heteroatoms. The standard InChI is InChI=1S/C22H25Cl3N2O3/c1-14(21(29)26-22(2,3)4)27(12-15-8-9-17(24)11-19(15)25)20(28)13-30-18-7-5-6-16(23)10-18/h5-11,14H,12-13H2,1-4H3,(H,26,29)/t14-/m1/s1. The van der Waals surface area contributed by atoms with Crippen molar-refractivity contribution in [2.24, 2.45) is 0 Å². The summed E-state index contributed by atoms with van der Waals surface area (Å²) in [5, 5.41) is 4.31. The van der Waals surface area contributed by atoms with Crippen LogP contribution in [0.4, 0.5) is 0 Å². The molecule has 1 atom stereocenters. The van der Waals surface area contributed by atoms with E-state index in [9.17, 15) is 9.59 Å². The van der Waals surface area contributed by atoms with Crippen molar-refractivity contribution in [1.82, 2.24) is 10.2 Å². The van der Waals surface area contributed by atoms with Gasteiger partial charge < -0.3 is 15.0 Å². The topological polar surface area (TPSA) is 58.6 Å². The van der Waals surface area contributed by atoms with E-state index in [-0.39, 0.29) is 25.0 Å². The molecule has 0 aliphatic heterocycles. The van der Waals surface area contributed by atoms with E-state index >= 15 is 0 Å². The first-order valence-electron chi connectivity index (χ1n) is 9.40. The summed E-state index contributed by atoms with van der Waals surface area (Å²) < 4.78 is 5.59. The van der Waals surface area contributed by atoms with Crippen LogP contribution in [-0.4, -0.2) is 34.9 Å². The Kier molecular flexibility index (Phi) is 8.42. The molecule has 2 rings (SSSR count). The quantitative estimate of drug-likeness (QED) is 0.591. The predicted molar refractivity (Wildman–Crippen MR) is 121 cm³/mol. The van der Waals surface area contributed by atoms with Crippen molar-refractivity contribution < 1.29 is 14.3 Å². The smallest absolute Gasteiger partial charge is 0.261 e. The van der Waals surface area contributed by atoms with E-state index in [1.54, 1.807) is 49.4 Å². The highest BCUT2D eigenvalue weighted by atomic mass is 35.5. The van der Waals surface area contributed by atoms with Gasteiger partial charge in [-0.15, -0.1) is 0 Å². The lowest BCUT2D eigenvalue weighted by Crippen LogP contribution is -2.53. The molecule has 0 saturated heterocycles. The molecule has 0 radical (unpaired) electrons. The zero-order chi connectivity index (χ0) is 22.5. The number of carbonyl (C=O) groups is 2. The van der Waals surface area contributed by atoms with Crippen LogP contribution in [0.3, 0.4) is 0 Å². The highest BCUT2D eigenvalue weighted by molar-refractivity contribution is 6.35. The van der Waals surface area contributed by atoms with Gasteiger partial charge in [-0.2, -0.15) is 0 Å². The van der Waals surface area contributed by atoms with Gasteiger partial charge >= 0.3 is 0 Å². The first-order chi connectivity index (χ1) is 14.0. The van der Waals surface area contributed by atoms with Crippen molar-refractivity contribution in [2.45, 2.75) is 45.8 Å². The van der Waals surface area contributed by atoms with Crippen LogP contribution in [0, 0.1) is 0 Å². The molecule has 2 aromatic rings. The lowest BCUT2D eigenvalue weighted by atomic mass is 10.1. The van der Waals surface area contributed by atoms with Gasteiger partial charge in [0.25, 0.3) is 5.91 Å². The minimum Gasteiger partial charge on any atom is -0.484 e. The molecule has 0 saturated carbocycles. The summed E-state index contributed by atoms with van der Waals surface area (Å²) in [6.45, 7) is 7.18. The summed E-state index contributed by atoms with van der Waals surface area (Å²) in [6.07, 6.45) is 0. The number of carbonyl (C=O) groups excluding carboxylic acids is 2. The molecule has 0 fully saturated rings. The Labute approximate surface area is 192 Å². The van der Waals surface area contributed by atoms with Crippen molar-refractivity contribution >= 4 is 46.6 Å². The molecule has 0 aliphatic carbocycles. The zero-order valence-corrected chi connectivity index (χ0v) is 19.6. The first kappa shape index (κ1) is 24.3. The summed E-state index contributed by atoms with van der Waals surface area (Å²) in [4.78, 5) is 27.2. The summed E-state index contributed by atoms with van der Waals surface area (Å²) >= 11 is 18.2. The Bertz CT molecular complexity index is 913. The van der Waals surface area contributed by atoms with Crippen molar-refractivity contribution in [1.29, 1.82) is 0 Å². The van der Waals surface area contributed by atoms with E-state index in [0.717, 1.165) is 0 Å². The van der Waals surface area contributed by atoms with Gasteiger partial charge in [-0.25, -0.2) is 0 Å². The maximum Gasteiger partial charge on any atom is 0.261 e. The molecule has 0 aliphatic rings. The Morgan fingerprint density at radius 1 is 1.07 bits per heavy atom. The minimum absolute atomic E-state index is 0.131. The number of hydrogen-bond donors (Lipinski definition) is 1. The van der Waals surface area contributed by atoms with Gasteiger partial charge in [-0.3, -0.25) is 9.59 Å². The van der Waals surface area contributed by atoms with Gasteiger partial charge in [0, 0.05) is 27.2 Å². The maximum absolute atomic E-state index is 13.0. The van der Waals surface area contributed by atoms with Gasteiger partial charge in [-0.05, 0) is 63.6 Å². The Hall–Kier alpha value is -1.95. The lowest BCUT2D eigenvalue weighted by Gasteiger charge is -2.31. The molecule has 1 N–H and O–H groups in total. The average Bonchev–Trinajstić information content (AvgIpc) is 2.63. The number of nitrogens with zero attached hydrogens (tertiary/aromatic N) is 1. The second-order valence-electron chi connectivity index (χ2n) is 7.92. The molecular formula is C22H25Cl3N2O3. The van der Waals surface area contributed by atoms with Crippen LogP contribution in [0.25, 0.3) is 0 Å². The molecule has 2 aromatic carbocycles. The maximum atomic E-state index is 13.0. The number of benzene rings is 2. The van der Waals surface area contributed by atoms with Crippen LogP contribution < -0.4 is 10.1 Å².